The van der Waals surface area contributed by atoms with Crippen molar-refractivity contribution in [3.63, 3.8) is 0 Å². The molecule has 7 heteroatoms. The van der Waals surface area contributed by atoms with Crippen molar-refractivity contribution in [3.05, 3.63) is 60.2 Å². The molecule has 134 valence electrons. The number of urea groups is 1. The van der Waals surface area contributed by atoms with Crippen LogP contribution < -0.4 is 16.0 Å². The van der Waals surface area contributed by atoms with Gasteiger partial charge in [-0.2, -0.15) is 0 Å². The molecule has 0 saturated heterocycles. The van der Waals surface area contributed by atoms with Crippen LogP contribution in [0.25, 0.3) is 0 Å². The molecule has 0 aliphatic rings. The summed E-state index contributed by atoms with van der Waals surface area (Å²) in [5, 5.41) is 7.52. The zero-order valence-corrected chi connectivity index (χ0v) is 14.8. The van der Waals surface area contributed by atoms with Gasteiger partial charge in [0, 0.05) is 10.6 Å². The lowest BCUT2D eigenvalue weighted by molar-refractivity contribution is -0.119. The van der Waals surface area contributed by atoms with E-state index >= 15 is 0 Å². The summed E-state index contributed by atoms with van der Waals surface area (Å²) in [7, 11) is -1.17. The van der Waals surface area contributed by atoms with Crippen LogP contribution in [0.1, 0.15) is 5.56 Å². The van der Waals surface area contributed by atoms with Crippen LogP contribution in [0, 0.1) is 12.3 Å². The van der Waals surface area contributed by atoms with E-state index in [4.69, 9.17) is 6.42 Å². The van der Waals surface area contributed by atoms with Gasteiger partial charge in [0.25, 0.3) is 0 Å². The maximum atomic E-state index is 12.4. The summed E-state index contributed by atoms with van der Waals surface area (Å²) in [4.78, 5) is 24.0. The van der Waals surface area contributed by atoms with E-state index in [1.165, 1.54) is 0 Å². The minimum absolute atomic E-state index is 0.114. The van der Waals surface area contributed by atoms with Crippen LogP contribution >= 0.6 is 0 Å². The summed E-state index contributed by atoms with van der Waals surface area (Å²) in [6, 6.07) is 15.8. The van der Waals surface area contributed by atoms with Crippen molar-refractivity contribution in [1.82, 2.24) is 10.6 Å². The summed E-state index contributed by atoms with van der Waals surface area (Å²) < 4.78 is 12.4. The van der Waals surface area contributed by atoms with E-state index in [-0.39, 0.29) is 19.0 Å². The van der Waals surface area contributed by atoms with E-state index in [9.17, 15) is 13.8 Å². The molecule has 0 radical (unpaired) electrons. The normalized spacial score (nSPS) is 11.0. The summed E-state index contributed by atoms with van der Waals surface area (Å²) >= 11 is 0. The molecule has 0 aromatic heterocycles. The topological polar surface area (TPSA) is 87.3 Å². The Labute approximate surface area is 154 Å². The second-order valence-corrected chi connectivity index (χ2v) is 6.74. The Kier molecular flexibility index (Phi) is 7.40. The first-order valence-corrected chi connectivity index (χ1v) is 9.18. The Morgan fingerprint density at radius 3 is 2.54 bits per heavy atom. The number of hydrogen-bond donors (Lipinski definition) is 3. The zero-order valence-electron chi connectivity index (χ0n) is 14.0. The van der Waals surface area contributed by atoms with Gasteiger partial charge in [-0.25, -0.2) is 4.79 Å². The second kappa shape index (κ2) is 10.0. The van der Waals surface area contributed by atoms with Gasteiger partial charge in [-0.15, -0.1) is 6.42 Å². The molecular formula is C19H19N3O3S. The van der Waals surface area contributed by atoms with Crippen molar-refractivity contribution in [2.45, 2.75) is 10.6 Å². The molecule has 0 heterocycles. The van der Waals surface area contributed by atoms with Gasteiger partial charge in [0.1, 0.15) is 0 Å². The van der Waals surface area contributed by atoms with Crippen LogP contribution in [0.2, 0.25) is 0 Å². The first-order chi connectivity index (χ1) is 12.6. The molecule has 3 N–H and O–H groups in total. The lowest BCUT2D eigenvalue weighted by Gasteiger charge is -2.09. The number of benzene rings is 2. The van der Waals surface area contributed by atoms with Crippen molar-refractivity contribution in [2.24, 2.45) is 0 Å². The van der Waals surface area contributed by atoms with E-state index in [1.54, 1.807) is 18.2 Å². The third kappa shape index (κ3) is 6.42. The predicted molar refractivity (Wildman–Crippen MR) is 102 cm³/mol. The number of hydrogen-bond acceptors (Lipinski definition) is 3. The fourth-order valence-corrected chi connectivity index (χ4v) is 3.20. The molecule has 2 rings (SSSR count). The highest BCUT2D eigenvalue weighted by Crippen LogP contribution is 2.15. The maximum absolute atomic E-state index is 12.4. The SMILES string of the molecule is C#CCNC(=O)CNC(=O)Nc1cccc(C[S@](=O)c2ccccc2)c1. The van der Waals surface area contributed by atoms with Gasteiger partial charge in [-0.3, -0.25) is 9.00 Å². The molecule has 6 nitrogen and oxygen atoms in total. The Morgan fingerprint density at radius 1 is 1.04 bits per heavy atom. The maximum Gasteiger partial charge on any atom is 0.319 e. The van der Waals surface area contributed by atoms with Crippen molar-refractivity contribution in [3.8, 4) is 12.3 Å². The quantitative estimate of drug-likeness (QED) is 0.651. The number of nitrogens with one attached hydrogen (secondary N) is 3. The lowest BCUT2D eigenvalue weighted by Crippen LogP contribution is -2.39. The monoisotopic (exact) mass is 369 g/mol. The first-order valence-electron chi connectivity index (χ1n) is 7.86. The smallest absolute Gasteiger partial charge is 0.319 e. The summed E-state index contributed by atoms with van der Waals surface area (Å²) in [5.74, 6) is 2.25. The minimum Gasteiger partial charge on any atom is -0.344 e. The van der Waals surface area contributed by atoms with Crippen molar-refractivity contribution in [1.29, 1.82) is 0 Å². The number of amides is 3. The minimum atomic E-state index is -1.17. The van der Waals surface area contributed by atoms with Crippen LogP contribution in [0.15, 0.2) is 59.5 Å². The van der Waals surface area contributed by atoms with E-state index < -0.39 is 16.8 Å². The molecule has 1 atom stereocenters. The number of carbonyl (C=O) groups excluding carboxylic acids is 2. The Bertz CT molecular complexity index is 831. The molecule has 0 aliphatic carbocycles. The van der Waals surface area contributed by atoms with Gasteiger partial charge in [0.15, 0.2) is 0 Å². The molecule has 3 amide bonds. The molecule has 2 aromatic carbocycles. The highest BCUT2D eigenvalue weighted by atomic mass is 32.2. The van der Waals surface area contributed by atoms with Crippen molar-refractivity contribution in [2.75, 3.05) is 18.4 Å². The zero-order chi connectivity index (χ0) is 18.8. The summed E-state index contributed by atoms with van der Waals surface area (Å²) in [5.41, 5.74) is 1.38. The molecule has 0 saturated carbocycles. The standard InChI is InChI=1S/C19H19N3O3S/c1-2-11-20-18(23)13-21-19(24)22-16-8-6-7-15(12-16)14-26(25)17-9-4-3-5-10-17/h1,3-10,12H,11,13-14H2,(H,20,23)(H2,21,22,24)/t26-/m0/s1. The molecule has 0 unspecified atom stereocenters. The molecule has 0 spiro atoms. The van der Waals surface area contributed by atoms with Gasteiger partial charge >= 0.3 is 6.03 Å². The van der Waals surface area contributed by atoms with Crippen molar-refractivity contribution < 1.29 is 13.8 Å². The van der Waals surface area contributed by atoms with Gasteiger partial charge < -0.3 is 16.0 Å². The Morgan fingerprint density at radius 2 is 1.81 bits per heavy atom. The third-order valence-electron chi connectivity index (χ3n) is 3.29. The molecule has 0 fully saturated rings. The van der Waals surface area contributed by atoms with E-state index in [2.05, 4.69) is 21.9 Å². The van der Waals surface area contributed by atoms with Crippen LogP contribution in [0.3, 0.4) is 0 Å². The highest BCUT2D eigenvalue weighted by Gasteiger charge is 2.08. The first kappa shape index (κ1) is 19.2. The lowest BCUT2D eigenvalue weighted by atomic mass is 10.2. The van der Waals surface area contributed by atoms with Crippen LogP contribution in [0.4, 0.5) is 10.5 Å². The van der Waals surface area contributed by atoms with E-state index in [0.717, 1.165) is 10.5 Å². The molecule has 26 heavy (non-hydrogen) atoms. The fourth-order valence-electron chi connectivity index (χ4n) is 2.09. The summed E-state index contributed by atoms with van der Waals surface area (Å²) in [6.07, 6.45) is 5.03. The predicted octanol–water partition coefficient (Wildman–Crippen LogP) is 1.87. The molecule has 0 aliphatic heterocycles. The number of terminal acetylenes is 1. The summed E-state index contributed by atoms with van der Waals surface area (Å²) in [6.45, 7) is -0.0615. The van der Waals surface area contributed by atoms with Crippen LogP contribution in [-0.4, -0.2) is 29.2 Å². The fraction of sp³-hybridized carbons (Fsp3) is 0.158. The average Bonchev–Trinajstić information content (AvgIpc) is 2.65. The van der Waals surface area contributed by atoms with E-state index in [0.29, 0.717) is 11.4 Å². The number of anilines is 1. The van der Waals surface area contributed by atoms with Crippen LogP contribution in [-0.2, 0) is 21.3 Å². The third-order valence-corrected chi connectivity index (χ3v) is 4.68. The average molecular weight is 369 g/mol. The van der Waals surface area contributed by atoms with Gasteiger partial charge in [0.05, 0.1) is 29.6 Å². The van der Waals surface area contributed by atoms with Gasteiger partial charge in [-0.1, -0.05) is 36.3 Å². The Hall–Kier alpha value is -3.11. The second-order valence-electron chi connectivity index (χ2n) is 5.29. The van der Waals surface area contributed by atoms with Gasteiger partial charge in [0.2, 0.25) is 5.91 Å². The Balaban J connectivity index is 1.88. The largest absolute Gasteiger partial charge is 0.344 e. The number of rotatable bonds is 7. The number of carbonyl (C=O) groups is 2. The van der Waals surface area contributed by atoms with Gasteiger partial charge in [-0.05, 0) is 29.8 Å². The van der Waals surface area contributed by atoms with Crippen molar-refractivity contribution >= 4 is 28.4 Å². The van der Waals surface area contributed by atoms with Crippen LogP contribution in [0.5, 0.6) is 0 Å². The highest BCUT2D eigenvalue weighted by molar-refractivity contribution is 7.84. The van der Waals surface area contributed by atoms with E-state index in [1.807, 2.05) is 36.4 Å². The molecule has 2 aromatic rings. The molecular weight excluding hydrogens is 350 g/mol. The molecule has 0 bridgehead atoms.